The van der Waals surface area contributed by atoms with Crippen molar-refractivity contribution < 1.29 is 22.7 Å². The van der Waals surface area contributed by atoms with Gasteiger partial charge in [0.15, 0.2) is 5.78 Å². The number of rotatable bonds is 9. The zero-order valence-corrected chi connectivity index (χ0v) is 25.8. The fourth-order valence-electron chi connectivity index (χ4n) is 5.21. The van der Waals surface area contributed by atoms with Gasteiger partial charge in [0.1, 0.15) is 5.69 Å². The highest BCUT2D eigenvalue weighted by Crippen LogP contribution is 2.35. The van der Waals surface area contributed by atoms with Gasteiger partial charge in [-0.25, -0.2) is 8.42 Å². The molecule has 1 saturated heterocycles. The number of ether oxygens (including phenoxy) is 1. The van der Waals surface area contributed by atoms with E-state index in [0.717, 1.165) is 18.7 Å². The lowest BCUT2D eigenvalue weighted by atomic mass is 9.87. The van der Waals surface area contributed by atoms with Crippen molar-refractivity contribution in [1.29, 1.82) is 0 Å². The first-order chi connectivity index (χ1) is 20.4. The monoisotopic (exact) mass is 602 g/mol. The summed E-state index contributed by atoms with van der Waals surface area (Å²) in [6, 6.07) is 19.1. The summed E-state index contributed by atoms with van der Waals surface area (Å²) in [5.41, 5.74) is 4.09. The van der Waals surface area contributed by atoms with Crippen LogP contribution < -0.4 is 10.0 Å². The highest BCUT2D eigenvalue weighted by molar-refractivity contribution is 7.92. The van der Waals surface area contributed by atoms with E-state index in [1.54, 1.807) is 48.5 Å². The van der Waals surface area contributed by atoms with Crippen molar-refractivity contribution >= 4 is 38.3 Å². The number of H-pyrrole nitrogens is 1. The summed E-state index contributed by atoms with van der Waals surface area (Å²) >= 11 is 0. The van der Waals surface area contributed by atoms with Crippen LogP contribution in [0.3, 0.4) is 0 Å². The fourth-order valence-corrected chi connectivity index (χ4v) is 6.26. The Kier molecular flexibility index (Phi) is 8.73. The van der Waals surface area contributed by atoms with Crippen LogP contribution in [0.5, 0.6) is 0 Å². The van der Waals surface area contributed by atoms with Gasteiger partial charge < -0.3 is 15.0 Å². The predicted octanol–water partition coefficient (Wildman–Crippen LogP) is 5.20. The average Bonchev–Trinajstić information content (AvgIpc) is 3.36. The van der Waals surface area contributed by atoms with Crippen molar-refractivity contribution in [2.75, 3.05) is 44.1 Å². The normalized spacial score (nSPS) is 14.5. The third-order valence-electron chi connectivity index (χ3n) is 7.68. The van der Waals surface area contributed by atoms with Gasteiger partial charge in [0.05, 0.1) is 18.1 Å². The highest BCUT2D eigenvalue weighted by atomic mass is 32.2. The number of sulfonamides is 1. The number of aromatic nitrogens is 1. The molecular weight excluding hydrogens is 564 g/mol. The summed E-state index contributed by atoms with van der Waals surface area (Å²) in [6.07, 6.45) is 0. The molecule has 1 aliphatic rings. The van der Waals surface area contributed by atoms with E-state index in [9.17, 15) is 18.0 Å². The summed E-state index contributed by atoms with van der Waals surface area (Å²) in [7, 11) is -3.87. The number of hydrogen-bond donors (Lipinski definition) is 3. The number of anilines is 1. The first-order valence-corrected chi connectivity index (χ1v) is 15.9. The molecule has 4 aromatic rings. The number of amides is 1. The molecule has 9 nitrogen and oxygen atoms in total. The molecule has 0 bridgehead atoms. The predicted molar refractivity (Wildman–Crippen MR) is 169 cm³/mol. The topological polar surface area (TPSA) is 121 Å². The number of fused-ring (bicyclic) bond motifs is 1. The maximum absolute atomic E-state index is 13.5. The van der Waals surface area contributed by atoms with Crippen LogP contribution in [-0.2, 0) is 20.2 Å². The second-order valence-corrected chi connectivity index (χ2v) is 13.5. The molecule has 0 radical (unpaired) electrons. The van der Waals surface area contributed by atoms with Crippen molar-refractivity contribution in [1.82, 2.24) is 15.2 Å². The number of nitrogens with zero attached hydrogens (tertiary/aromatic N) is 1. The van der Waals surface area contributed by atoms with Crippen LogP contribution in [0, 0.1) is 0 Å². The number of hydrogen-bond acceptors (Lipinski definition) is 6. The average molecular weight is 603 g/mol. The standard InChI is InChI=1S/C33H38N4O5S/c1-22(38)23-6-5-7-24(20-23)30-28-21-26(36-43(40,41)27-11-8-25(9-12-27)33(2,3)4)10-13-29(28)35-31(30)32(39)34-14-15-37-16-18-42-19-17-37/h5-13,20-21,35-36H,14-19H2,1-4H3,(H,34,39). The maximum Gasteiger partial charge on any atom is 0.268 e. The highest BCUT2D eigenvalue weighted by Gasteiger charge is 2.22. The molecule has 0 unspecified atom stereocenters. The fraction of sp³-hybridized carbons (Fsp3) is 0.333. The number of benzene rings is 3. The molecular formula is C33H38N4O5S. The smallest absolute Gasteiger partial charge is 0.268 e. The number of carbonyl (C=O) groups excluding carboxylic acids is 2. The van der Waals surface area contributed by atoms with Crippen LogP contribution in [-0.4, -0.2) is 69.4 Å². The van der Waals surface area contributed by atoms with E-state index in [0.29, 0.717) is 65.3 Å². The van der Waals surface area contributed by atoms with E-state index >= 15 is 0 Å². The van der Waals surface area contributed by atoms with Gasteiger partial charge in [0, 0.05) is 53.9 Å². The van der Waals surface area contributed by atoms with Crippen molar-refractivity contribution in [2.24, 2.45) is 0 Å². The van der Waals surface area contributed by atoms with E-state index in [4.69, 9.17) is 4.74 Å². The Hall–Kier alpha value is -3.99. The summed E-state index contributed by atoms with van der Waals surface area (Å²) < 4.78 is 34.7. The Bertz CT molecular complexity index is 1750. The number of aromatic amines is 1. The summed E-state index contributed by atoms with van der Waals surface area (Å²) in [6.45, 7) is 11.9. The first kappa shape index (κ1) is 30.5. The number of nitrogens with one attached hydrogen (secondary N) is 3. The molecule has 0 aliphatic carbocycles. The Morgan fingerprint density at radius 2 is 1.70 bits per heavy atom. The van der Waals surface area contributed by atoms with Gasteiger partial charge in [0.2, 0.25) is 0 Å². The van der Waals surface area contributed by atoms with Crippen molar-refractivity contribution in [3.05, 3.63) is 83.6 Å². The van der Waals surface area contributed by atoms with E-state index in [1.807, 2.05) is 18.2 Å². The Morgan fingerprint density at radius 3 is 2.37 bits per heavy atom. The zero-order valence-electron chi connectivity index (χ0n) is 25.0. The second kappa shape index (κ2) is 12.3. The lowest BCUT2D eigenvalue weighted by Crippen LogP contribution is -2.41. The summed E-state index contributed by atoms with van der Waals surface area (Å²) in [5.74, 6) is -0.377. The van der Waals surface area contributed by atoms with Crippen molar-refractivity contribution in [3.8, 4) is 11.1 Å². The molecule has 3 aromatic carbocycles. The summed E-state index contributed by atoms with van der Waals surface area (Å²) in [4.78, 5) is 31.3. The number of ketones is 1. The molecule has 2 heterocycles. The Labute approximate surface area is 252 Å². The Balaban J connectivity index is 1.48. The van der Waals surface area contributed by atoms with Gasteiger partial charge in [-0.05, 0) is 59.9 Å². The zero-order chi connectivity index (χ0) is 30.8. The van der Waals surface area contributed by atoms with Crippen molar-refractivity contribution in [3.63, 3.8) is 0 Å². The molecule has 1 fully saturated rings. The van der Waals surface area contributed by atoms with Gasteiger partial charge in [-0.15, -0.1) is 0 Å². The SMILES string of the molecule is CC(=O)c1cccc(-c2c(C(=O)NCCN3CCOCC3)[nH]c3ccc(NS(=O)(=O)c4ccc(C(C)(C)C)cc4)cc23)c1. The summed E-state index contributed by atoms with van der Waals surface area (Å²) in [5, 5.41) is 3.67. The van der Waals surface area contributed by atoms with E-state index in [-0.39, 0.29) is 22.0 Å². The van der Waals surface area contributed by atoms with E-state index in [1.165, 1.54) is 6.92 Å². The Morgan fingerprint density at radius 1 is 0.977 bits per heavy atom. The number of Topliss-reactive ketones (excluding diaryl/α,β-unsaturated/α-hetero) is 1. The third-order valence-corrected chi connectivity index (χ3v) is 9.08. The van der Waals surface area contributed by atoms with E-state index < -0.39 is 10.0 Å². The molecule has 0 spiro atoms. The minimum atomic E-state index is -3.87. The number of morpholine rings is 1. The van der Waals surface area contributed by atoms with Gasteiger partial charge in [-0.3, -0.25) is 19.2 Å². The minimum absolute atomic E-state index is 0.0934. The quantitative estimate of drug-likeness (QED) is 0.227. The van der Waals surface area contributed by atoms with Crippen LogP contribution in [0.1, 0.15) is 54.1 Å². The van der Waals surface area contributed by atoms with Gasteiger partial charge in [-0.2, -0.15) is 0 Å². The van der Waals surface area contributed by atoms with Crippen LogP contribution in [0.4, 0.5) is 5.69 Å². The molecule has 43 heavy (non-hydrogen) atoms. The lowest BCUT2D eigenvalue weighted by Gasteiger charge is -2.26. The van der Waals surface area contributed by atoms with Gasteiger partial charge >= 0.3 is 0 Å². The number of carbonyl (C=O) groups is 2. The molecule has 3 N–H and O–H groups in total. The van der Waals surface area contributed by atoms with Crippen LogP contribution in [0.15, 0.2) is 71.6 Å². The molecule has 1 amide bonds. The van der Waals surface area contributed by atoms with Gasteiger partial charge in [0.25, 0.3) is 15.9 Å². The molecule has 1 aliphatic heterocycles. The largest absolute Gasteiger partial charge is 0.379 e. The molecule has 0 atom stereocenters. The van der Waals surface area contributed by atoms with Crippen LogP contribution in [0.25, 0.3) is 22.0 Å². The van der Waals surface area contributed by atoms with E-state index in [2.05, 4.69) is 40.7 Å². The second-order valence-electron chi connectivity index (χ2n) is 11.9. The van der Waals surface area contributed by atoms with Crippen LogP contribution in [0.2, 0.25) is 0 Å². The molecule has 226 valence electrons. The maximum atomic E-state index is 13.5. The molecule has 0 saturated carbocycles. The molecule has 1 aromatic heterocycles. The lowest BCUT2D eigenvalue weighted by molar-refractivity contribution is 0.0383. The van der Waals surface area contributed by atoms with Crippen LogP contribution >= 0.6 is 0 Å². The van der Waals surface area contributed by atoms with Gasteiger partial charge in [-0.1, -0.05) is 51.1 Å². The molecule has 5 rings (SSSR count). The first-order valence-electron chi connectivity index (χ1n) is 14.4. The van der Waals surface area contributed by atoms with Crippen molar-refractivity contribution in [2.45, 2.75) is 38.0 Å². The third kappa shape index (κ3) is 6.98. The minimum Gasteiger partial charge on any atom is -0.379 e. The molecule has 10 heteroatoms.